The number of ether oxygens (including phenoxy) is 1. The molecule has 2 N–H and O–H groups in total. The number of nitrogens with one attached hydrogen (secondary N) is 1. The molecule has 1 unspecified atom stereocenters. The molecule has 2 rings (SSSR count). The summed E-state index contributed by atoms with van der Waals surface area (Å²) in [5, 5.41) is 13.0. The van der Waals surface area contributed by atoms with Crippen LogP contribution >= 0.6 is 0 Å². The molecular weight excluding hydrogens is 242 g/mol. The normalized spacial score (nSPS) is 14.0. The Morgan fingerprint density at radius 3 is 2.68 bits per heavy atom. The van der Waals surface area contributed by atoms with Gasteiger partial charge in [0.05, 0.1) is 12.3 Å². The SMILES string of the molecule is C[C@H](NCC(O)COc1ccccc1)c1ccco1. The van der Waals surface area contributed by atoms with Crippen LogP contribution in [0, 0.1) is 0 Å². The van der Waals surface area contributed by atoms with Crippen molar-refractivity contribution < 1.29 is 14.3 Å². The average Bonchev–Trinajstić information content (AvgIpc) is 2.98. The Bertz CT molecular complexity index is 456. The molecular formula is C15H19NO3. The third kappa shape index (κ3) is 4.43. The molecule has 0 saturated heterocycles. The van der Waals surface area contributed by atoms with Crippen LogP contribution in [0.4, 0.5) is 0 Å². The molecule has 2 atom stereocenters. The summed E-state index contributed by atoms with van der Waals surface area (Å²) in [5.41, 5.74) is 0. The first-order valence-corrected chi connectivity index (χ1v) is 6.38. The zero-order valence-corrected chi connectivity index (χ0v) is 11.0. The van der Waals surface area contributed by atoms with Gasteiger partial charge in [0.1, 0.15) is 24.2 Å². The van der Waals surface area contributed by atoms with Gasteiger partial charge in [-0.2, -0.15) is 0 Å². The second-order valence-electron chi connectivity index (χ2n) is 4.42. The van der Waals surface area contributed by atoms with Crippen LogP contribution in [0.25, 0.3) is 0 Å². The van der Waals surface area contributed by atoms with E-state index in [1.54, 1.807) is 6.26 Å². The Hall–Kier alpha value is -1.78. The van der Waals surface area contributed by atoms with Gasteiger partial charge in [0, 0.05) is 6.54 Å². The summed E-state index contributed by atoms with van der Waals surface area (Å²) in [6.07, 6.45) is 1.08. The Balaban J connectivity index is 1.69. The van der Waals surface area contributed by atoms with Crippen LogP contribution in [0.15, 0.2) is 53.1 Å². The van der Waals surface area contributed by atoms with Crippen LogP contribution in [0.2, 0.25) is 0 Å². The molecule has 0 aliphatic carbocycles. The van der Waals surface area contributed by atoms with Gasteiger partial charge in [0.2, 0.25) is 0 Å². The summed E-state index contributed by atoms with van der Waals surface area (Å²) < 4.78 is 10.8. The number of aliphatic hydroxyl groups is 1. The summed E-state index contributed by atoms with van der Waals surface area (Å²) in [5.74, 6) is 1.62. The first kappa shape index (κ1) is 13.6. The van der Waals surface area contributed by atoms with Crippen LogP contribution in [0.3, 0.4) is 0 Å². The van der Waals surface area contributed by atoms with E-state index in [0.717, 1.165) is 11.5 Å². The molecule has 0 bridgehead atoms. The Kier molecular flexibility index (Phi) is 5.01. The quantitative estimate of drug-likeness (QED) is 0.803. The first-order chi connectivity index (χ1) is 9.25. The van der Waals surface area contributed by atoms with Crippen molar-refractivity contribution in [2.24, 2.45) is 0 Å². The van der Waals surface area contributed by atoms with E-state index in [2.05, 4.69) is 5.32 Å². The van der Waals surface area contributed by atoms with E-state index in [1.807, 2.05) is 49.4 Å². The number of hydrogen-bond donors (Lipinski definition) is 2. The lowest BCUT2D eigenvalue weighted by Crippen LogP contribution is -2.32. The maximum absolute atomic E-state index is 9.84. The van der Waals surface area contributed by atoms with Gasteiger partial charge in [-0.15, -0.1) is 0 Å². The summed E-state index contributed by atoms with van der Waals surface area (Å²) in [4.78, 5) is 0. The van der Waals surface area contributed by atoms with Crippen molar-refractivity contribution in [1.82, 2.24) is 5.32 Å². The third-order valence-corrected chi connectivity index (χ3v) is 2.82. The van der Waals surface area contributed by atoms with Gasteiger partial charge in [0.25, 0.3) is 0 Å². The highest BCUT2D eigenvalue weighted by Gasteiger charge is 2.11. The molecule has 1 aromatic carbocycles. The van der Waals surface area contributed by atoms with E-state index in [0.29, 0.717) is 6.54 Å². The van der Waals surface area contributed by atoms with Gasteiger partial charge in [-0.25, -0.2) is 0 Å². The zero-order chi connectivity index (χ0) is 13.5. The van der Waals surface area contributed by atoms with Crippen LogP contribution < -0.4 is 10.1 Å². The first-order valence-electron chi connectivity index (χ1n) is 6.38. The van der Waals surface area contributed by atoms with Crippen molar-refractivity contribution in [1.29, 1.82) is 0 Å². The highest BCUT2D eigenvalue weighted by Crippen LogP contribution is 2.12. The molecule has 0 aliphatic rings. The molecule has 2 aromatic rings. The molecule has 0 radical (unpaired) electrons. The molecule has 4 nitrogen and oxygen atoms in total. The predicted octanol–water partition coefficient (Wildman–Crippen LogP) is 2.37. The summed E-state index contributed by atoms with van der Waals surface area (Å²) in [7, 11) is 0. The molecule has 4 heteroatoms. The zero-order valence-electron chi connectivity index (χ0n) is 11.0. The number of furan rings is 1. The monoisotopic (exact) mass is 261 g/mol. The fraction of sp³-hybridized carbons (Fsp3) is 0.333. The van der Waals surface area contributed by atoms with E-state index in [-0.39, 0.29) is 12.6 Å². The standard InChI is InChI=1S/C15H19NO3/c1-12(15-8-5-9-18-15)16-10-13(17)11-19-14-6-3-2-4-7-14/h2-9,12-13,16-17H,10-11H2,1H3/t12-,13?/m0/s1. The molecule has 102 valence electrons. The number of para-hydroxylation sites is 1. The van der Waals surface area contributed by atoms with Crippen molar-refractivity contribution in [3.8, 4) is 5.75 Å². The molecule has 19 heavy (non-hydrogen) atoms. The molecule has 0 fully saturated rings. The van der Waals surface area contributed by atoms with Gasteiger partial charge in [-0.1, -0.05) is 18.2 Å². The Labute approximate surface area is 113 Å². The van der Waals surface area contributed by atoms with Crippen molar-refractivity contribution in [2.75, 3.05) is 13.2 Å². The Morgan fingerprint density at radius 1 is 1.21 bits per heavy atom. The summed E-state index contributed by atoms with van der Waals surface area (Å²) in [6.45, 7) is 2.71. The molecule has 0 amide bonds. The van der Waals surface area contributed by atoms with Gasteiger partial charge in [-0.3, -0.25) is 0 Å². The van der Waals surface area contributed by atoms with Crippen LogP contribution in [0.1, 0.15) is 18.7 Å². The minimum Gasteiger partial charge on any atom is -0.491 e. The molecule has 1 heterocycles. The van der Waals surface area contributed by atoms with Crippen molar-refractivity contribution in [3.63, 3.8) is 0 Å². The molecule has 0 saturated carbocycles. The third-order valence-electron chi connectivity index (χ3n) is 2.82. The van der Waals surface area contributed by atoms with Crippen LogP contribution in [-0.2, 0) is 0 Å². The smallest absolute Gasteiger partial charge is 0.120 e. The molecule has 1 aromatic heterocycles. The van der Waals surface area contributed by atoms with Gasteiger partial charge < -0.3 is 19.6 Å². The predicted molar refractivity (Wildman–Crippen MR) is 73.1 cm³/mol. The van der Waals surface area contributed by atoms with E-state index in [4.69, 9.17) is 9.15 Å². The number of benzene rings is 1. The lowest BCUT2D eigenvalue weighted by Gasteiger charge is -2.16. The lowest BCUT2D eigenvalue weighted by molar-refractivity contribution is 0.103. The minimum atomic E-state index is -0.558. The fourth-order valence-corrected chi connectivity index (χ4v) is 1.72. The molecule has 0 spiro atoms. The number of aliphatic hydroxyl groups excluding tert-OH is 1. The minimum absolute atomic E-state index is 0.0707. The average molecular weight is 261 g/mol. The van der Waals surface area contributed by atoms with Gasteiger partial charge in [-0.05, 0) is 31.2 Å². The highest BCUT2D eigenvalue weighted by atomic mass is 16.5. The second kappa shape index (κ2) is 6.97. The van der Waals surface area contributed by atoms with E-state index >= 15 is 0 Å². The number of hydrogen-bond acceptors (Lipinski definition) is 4. The maximum atomic E-state index is 9.84. The maximum Gasteiger partial charge on any atom is 0.120 e. The highest BCUT2D eigenvalue weighted by molar-refractivity contribution is 5.20. The van der Waals surface area contributed by atoms with Gasteiger partial charge in [0.15, 0.2) is 0 Å². The Morgan fingerprint density at radius 2 is 2.00 bits per heavy atom. The van der Waals surface area contributed by atoms with Crippen LogP contribution in [-0.4, -0.2) is 24.4 Å². The largest absolute Gasteiger partial charge is 0.491 e. The van der Waals surface area contributed by atoms with Crippen LogP contribution in [0.5, 0.6) is 5.75 Å². The second-order valence-corrected chi connectivity index (χ2v) is 4.42. The van der Waals surface area contributed by atoms with E-state index < -0.39 is 6.10 Å². The summed E-state index contributed by atoms with van der Waals surface area (Å²) in [6, 6.07) is 13.3. The van der Waals surface area contributed by atoms with Crippen molar-refractivity contribution in [3.05, 3.63) is 54.5 Å². The summed E-state index contributed by atoms with van der Waals surface area (Å²) >= 11 is 0. The molecule has 0 aliphatic heterocycles. The van der Waals surface area contributed by atoms with E-state index in [9.17, 15) is 5.11 Å². The number of rotatable bonds is 7. The topological polar surface area (TPSA) is 54.6 Å². The van der Waals surface area contributed by atoms with E-state index in [1.165, 1.54) is 0 Å². The fourth-order valence-electron chi connectivity index (χ4n) is 1.72. The lowest BCUT2D eigenvalue weighted by atomic mass is 10.2. The van der Waals surface area contributed by atoms with Gasteiger partial charge >= 0.3 is 0 Å². The van der Waals surface area contributed by atoms with Crippen molar-refractivity contribution in [2.45, 2.75) is 19.1 Å². The van der Waals surface area contributed by atoms with Crippen molar-refractivity contribution >= 4 is 0 Å².